The van der Waals surface area contributed by atoms with E-state index in [1.807, 2.05) is 0 Å². The molecule has 2 aliphatic carbocycles. The SMILES string of the molecule is CC(=O)O[C@H]1[C@H](OC(=O)c2ccccc2)[C@@]2(C)[C@@H](OC(=O)c3ccccc3)C[C@@H]3[C@@H](OC(=O)c4ccccc4)[C@]2(OC3(C)C)[C@@](C)(O)[C@H]1O. The maximum Gasteiger partial charge on any atom is 0.338 e. The van der Waals surface area contributed by atoms with Crippen LogP contribution in [0.15, 0.2) is 91.0 Å². The number of esters is 4. The fraction of sp³-hybridized carbons (Fsp3) is 0.421. The molecule has 11 nitrogen and oxygen atoms in total. The highest BCUT2D eigenvalue weighted by Gasteiger charge is 2.86. The summed E-state index contributed by atoms with van der Waals surface area (Å²) in [5.41, 5.74) is -6.81. The van der Waals surface area contributed by atoms with E-state index in [0.717, 1.165) is 6.92 Å². The van der Waals surface area contributed by atoms with Gasteiger partial charge in [0.05, 0.1) is 27.7 Å². The molecule has 9 atom stereocenters. The van der Waals surface area contributed by atoms with Gasteiger partial charge < -0.3 is 33.9 Å². The van der Waals surface area contributed by atoms with Crippen LogP contribution in [0.2, 0.25) is 0 Å². The van der Waals surface area contributed by atoms with E-state index in [1.165, 1.54) is 19.1 Å². The third-order valence-electron chi connectivity index (χ3n) is 10.6. The normalized spacial score (nSPS) is 34.2. The molecule has 3 aromatic carbocycles. The molecule has 0 radical (unpaired) electrons. The van der Waals surface area contributed by atoms with Crippen LogP contribution in [0, 0.1) is 11.3 Å². The summed E-state index contributed by atoms with van der Waals surface area (Å²) in [5, 5.41) is 24.7. The van der Waals surface area contributed by atoms with Crippen molar-refractivity contribution in [1.29, 1.82) is 0 Å². The van der Waals surface area contributed by atoms with Crippen molar-refractivity contribution < 1.29 is 53.1 Å². The number of benzene rings is 3. The van der Waals surface area contributed by atoms with Crippen LogP contribution in [0.3, 0.4) is 0 Å². The Hall–Kier alpha value is -4.58. The Morgan fingerprint density at radius 2 is 1.10 bits per heavy atom. The second-order valence-electron chi connectivity index (χ2n) is 13.9. The van der Waals surface area contributed by atoms with Gasteiger partial charge in [-0.25, -0.2) is 14.4 Å². The Morgan fingerprint density at radius 1 is 0.673 bits per heavy atom. The number of aliphatic hydroxyl groups excluding tert-OH is 1. The predicted molar refractivity (Wildman–Crippen MR) is 173 cm³/mol. The lowest BCUT2D eigenvalue weighted by atomic mass is 9.46. The van der Waals surface area contributed by atoms with E-state index in [-0.39, 0.29) is 23.1 Å². The Morgan fingerprint density at radius 3 is 1.55 bits per heavy atom. The van der Waals surface area contributed by atoms with Crippen LogP contribution in [-0.2, 0) is 28.5 Å². The molecule has 2 N–H and O–H groups in total. The minimum atomic E-state index is -2.36. The first-order chi connectivity index (χ1) is 23.1. The van der Waals surface area contributed by atoms with Gasteiger partial charge in [0.25, 0.3) is 0 Å². The lowest BCUT2D eigenvalue weighted by Gasteiger charge is -2.66. The fourth-order valence-corrected chi connectivity index (χ4v) is 8.24. The van der Waals surface area contributed by atoms with E-state index in [0.29, 0.717) is 0 Å². The van der Waals surface area contributed by atoms with Crippen molar-refractivity contribution in [2.24, 2.45) is 11.3 Å². The van der Waals surface area contributed by atoms with Crippen LogP contribution >= 0.6 is 0 Å². The van der Waals surface area contributed by atoms with Crippen molar-refractivity contribution in [1.82, 2.24) is 0 Å². The zero-order chi connectivity index (χ0) is 35.4. The molecule has 3 aromatic rings. The van der Waals surface area contributed by atoms with E-state index < -0.39 is 82.5 Å². The van der Waals surface area contributed by atoms with E-state index in [1.54, 1.807) is 99.6 Å². The van der Waals surface area contributed by atoms with Crippen LogP contribution in [0.25, 0.3) is 0 Å². The number of carbonyl (C=O) groups excluding carboxylic acids is 4. The largest absolute Gasteiger partial charge is 0.458 e. The molecule has 258 valence electrons. The minimum Gasteiger partial charge on any atom is -0.458 e. The van der Waals surface area contributed by atoms with Crippen molar-refractivity contribution in [2.45, 2.75) is 88.4 Å². The third-order valence-corrected chi connectivity index (χ3v) is 10.6. The zero-order valence-corrected chi connectivity index (χ0v) is 27.9. The molecular formula is C38H40O11. The number of ether oxygens (including phenoxy) is 5. The van der Waals surface area contributed by atoms with Crippen molar-refractivity contribution in [3.63, 3.8) is 0 Å². The molecule has 0 amide bonds. The summed E-state index contributed by atoms with van der Waals surface area (Å²) < 4.78 is 31.3. The van der Waals surface area contributed by atoms with Gasteiger partial charge in [0.2, 0.25) is 0 Å². The average molecular weight is 673 g/mol. The van der Waals surface area contributed by atoms with E-state index in [2.05, 4.69) is 0 Å². The molecule has 6 rings (SSSR count). The Labute approximate surface area is 284 Å². The van der Waals surface area contributed by atoms with Gasteiger partial charge in [-0.05, 0) is 70.5 Å². The summed E-state index contributed by atoms with van der Waals surface area (Å²) in [6.45, 7) is 7.50. The molecule has 3 aliphatic rings. The van der Waals surface area contributed by atoms with Crippen molar-refractivity contribution in [3.8, 4) is 0 Å². The Balaban J connectivity index is 1.57. The molecule has 1 heterocycles. The summed E-state index contributed by atoms with van der Waals surface area (Å²) in [5.74, 6) is -3.79. The number of rotatable bonds is 7. The van der Waals surface area contributed by atoms with E-state index in [9.17, 15) is 29.4 Å². The molecule has 1 spiro atoms. The molecule has 3 fully saturated rings. The molecule has 49 heavy (non-hydrogen) atoms. The van der Waals surface area contributed by atoms with Gasteiger partial charge in [-0.3, -0.25) is 4.79 Å². The highest BCUT2D eigenvalue weighted by molar-refractivity contribution is 5.91. The van der Waals surface area contributed by atoms with Crippen LogP contribution in [-0.4, -0.2) is 81.4 Å². The number of fused-ring (bicyclic) bond motifs is 1. The van der Waals surface area contributed by atoms with Gasteiger partial charge >= 0.3 is 23.9 Å². The maximum absolute atomic E-state index is 13.8. The second-order valence-corrected chi connectivity index (χ2v) is 13.9. The molecule has 0 unspecified atom stereocenters. The second kappa shape index (κ2) is 12.4. The molecule has 2 saturated carbocycles. The highest BCUT2D eigenvalue weighted by atomic mass is 16.6. The molecule has 11 heteroatoms. The molecule has 1 aliphatic heterocycles. The summed E-state index contributed by atoms with van der Waals surface area (Å²) >= 11 is 0. The summed E-state index contributed by atoms with van der Waals surface area (Å²) in [6.07, 6.45) is -7.63. The minimum absolute atomic E-state index is 0.0227. The van der Waals surface area contributed by atoms with Crippen LogP contribution in [0.5, 0.6) is 0 Å². The van der Waals surface area contributed by atoms with Gasteiger partial charge in [0.15, 0.2) is 12.2 Å². The standard InChI is InChI=1S/C38H40O11/c1-22(39)45-28-29(40)37(5,44)38-30(47-33(42)24-17-11-7-12-18-24)26(35(2,3)49-38)21-27(46-32(41)23-15-9-6-10-16-23)36(38,4)31(28)48-34(43)25-19-13-8-14-20-25/h6-20,26-31,40,44H,21H2,1-5H3/t26-,27+,28-,29+,30-,31+,36-,37+,38-/m1/s1. The highest BCUT2D eigenvalue weighted by Crippen LogP contribution is 2.69. The lowest BCUT2D eigenvalue weighted by molar-refractivity contribution is -0.366. The average Bonchev–Trinajstić information content (AvgIpc) is 3.27. The van der Waals surface area contributed by atoms with Gasteiger partial charge in [-0.2, -0.15) is 0 Å². The monoisotopic (exact) mass is 672 g/mol. The Kier molecular flexibility index (Phi) is 8.67. The number of aliphatic hydroxyl groups is 2. The quantitative estimate of drug-likeness (QED) is 0.273. The third kappa shape index (κ3) is 5.40. The van der Waals surface area contributed by atoms with Crippen molar-refractivity contribution in [2.75, 3.05) is 0 Å². The van der Waals surface area contributed by atoms with Crippen molar-refractivity contribution in [3.05, 3.63) is 108 Å². The van der Waals surface area contributed by atoms with Gasteiger partial charge in [-0.15, -0.1) is 0 Å². The van der Waals surface area contributed by atoms with Gasteiger partial charge in [-0.1, -0.05) is 54.6 Å². The van der Waals surface area contributed by atoms with Gasteiger partial charge in [0.1, 0.15) is 29.5 Å². The smallest absolute Gasteiger partial charge is 0.338 e. The summed E-state index contributed by atoms with van der Waals surface area (Å²) in [6, 6.07) is 24.6. The van der Waals surface area contributed by atoms with Crippen LogP contribution < -0.4 is 0 Å². The van der Waals surface area contributed by atoms with Gasteiger partial charge in [0, 0.05) is 12.8 Å². The number of carbonyl (C=O) groups is 4. The number of hydrogen-bond acceptors (Lipinski definition) is 11. The summed E-state index contributed by atoms with van der Waals surface area (Å²) in [7, 11) is 0. The lowest BCUT2D eigenvalue weighted by Crippen LogP contribution is -2.85. The summed E-state index contributed by atoms with van der Waals surface area (Å²) in [4.78, 5) is 53.9. The molecular weight excluding hydrogens is 632 g/mol. The number of hydrogen-bond donors (Lipinski definition) is 2. The Bertz CT molecular complexity index is 1720. The van der Waals surface area contributed by atoms with Crippen LogP contribution in [0.1, 0.15) is 72.1 Å². The first-order valence-corrected chi connectivity index (χ1v) is 16.2. The molecule has 0 aromatic heterocycles. The van der Waals surface area contributed by atoms with Crippen LogP contribution in [0.4, 0.5) is 0 Å². The van der Waals surface area contributed by atoms with E-state index in [4.69, 9.17) is 23.7 Å². The molecule has 1 saturated heterocycles. The first kappa shape index (κ1) is 34.3. The molecule has 2 bridgehead atoms. The zero-order valence-electron chi connectivity index (χ0n) is 27.9. The maximum atomic E-state index is 13.8. The predicted octanol–water partition coefficient (Wildman–Crippen LogP) is 4.29. The van der Waals surface area contributed by atoms with E-state index >= 15 is 0 Å². The van der Waals surface area contributed by atoms with Crippen molar-refractivity contribution >= 4 is 23.9 Å². The topological polar surface area (TPSA) is 155 Å². The first-order valence-electron chi connectivity index (χ1n) is 16.2. The fourth-order valence-electron chi connectivity index (χ4n) is 8.24.